The first-order valence-corrected chi connectivity index (χ1v) is 8.51. The second-order valence-corrected chi connectivity index (χ2v) is 6.52. The van der Waals surface area contributed by atoms with Gasteiger partial charge in [-0.15, -0.1) is 0 Å². The highest BCUT2D eigenvalue weighted by atomic mass is 16.2. The summed E-state index contributed by atoms with van der Waals surface area (Å²) in [5.41, 5.74) is 3.41. The first-order chi connectivity index (χ1) is 11.8. The molecule has 6 nitrogen and oxygen atoms in total. The van der Waals surface area contributed by atoms with Crippen LogP contribution < -0.4 is 16.2 Å². The zero-order valence-corrected chi connectivity index (χ0v) is 15.5. The third-order valence-electron chi connectivity index (χ3n) is 3.94. The molecule has 0 spiro atoms. The number of nitrogens with one attached hydrogen (secondary N) is 2. The van der Waals surface area contributed by atoms with Crippen LogP contribution in [0.4, 0.5) is 11.6 Å². The SMILES string of the molecule is CC[C@@H](C)NC(=O)Cn1c(Nc2cc(C)cc(C)c2)nc(C)cc1=O. The van der Waals surface area contributed by atoms with Crippen molar-refractivity contribution in [1.29, 1.82) is 0 Å². The first-order valence-electron chi connectivity index (χ1n) is 8.51. The Labute approximate surface area is 148 Å². The normalized spacial score (nSPS) is 11.9. The Hall–Kier alpha value is -2.63. The van der Waals surface area contributed by atoms with E-state index >= 15 is 0 Å². The monoisotopic (exact) mass is 342 g/mol. The van der Waals surface area contributed by atoms with Gasteiger partial charge in [-0.1, -0.05) is 13.0 Å². The number of rotatable bonds is 6. The lowest BCUT2D eigenvalue weighted by molar-refractivity contribution is -0.122. The fourth-order valence-electron chi connectivity index (χ4n) is 2.61. The fraction of sp³-hybridized carbons (Fsp3) is 0.421. The average Bonchev–Trinajstić information content (AvgIpc) is 2.49. The van der Waals surface area contributed by atoms with Crippen LogP contribution in [0.3, 0.4) is 0 Å². The number of carbonyl (C=O) groups is 1. The van der Waals surface area contributed by atoms with Crippen LogP contribution in [0, 0.1) is 20.8 Å². The van der Waals surface area contributed by atoms with Crippen molar-refractivity contribution in [3.63, 3.8) is 0 Å². The summed E-state index contributed by atoms with van der Waals surface area (Å²) in [7, 11) is 0. The van der Waals surface area contributed by atoms with Crippen molar-refractivity contribution in [3.05, 3.63) is 51.4 Å². The summed E-state index contributed by atoms with van der Waals surface area (Å²) in [4.78, 5) is 29.0. The molecular formula is C19H26N4O2. The van der Waals surface area contributed by atoms with Gasteiger partial charge in [0, 0.05) is 23.5 Å². The zero-order valence-electron chi connectivity index (χ0n) is 15.5. The van der Waals surface area contributed by atoms with Crippen LogP contribution in [0.2, 0.25) is 0 Å². The molecule has 1 heterocycles. The highest BCUT2D eigenvalue weighted by molar-refractivity contribution is 5.76. The molecule has 0 saturated carbocycles. The molecule has 0 bridgehead atoms. The topological polar surface area (TPSA) is 76.0 Å². The van der Waals surface area contributed by atoms with Gasteiger partial charge in [0.2, 0.25) is 11.9 Å². The highest BCUT2D eigenvalue weighted by Gasteiger charge is 2.13. The number of benzene rings is 1. The largest absolute Gasteiger partial charge is 0.352 e. The molecule has 2 aromatic rings. The Bertz CT molecular complexity index is 806. The minimum absolute atomic E-state index is 0.0659. The summed E-state index contributed by atoms with van der Waals surface area (Å²) >= 11 is 0. The van der Waals surface area contributed by atoms with Crippen molar-refractivity contribution in [2.75, 3.05) is 5.32 Å². The lowest BCUT2D eigenvalue weighted by Gasteiger charge is -2.16. The molecule has 0 radical (unpaired) electrons. The van der Waals surface area contributed by atoms with E-state index in [1.807, 2.05) is 39.8 Å². The van der Waals surface area contributed by atoms with Gasteiger partial charge in [-0.25, -0.2) is 4.98 Å². The Morgan fingerprint density at radius 2 is 1.80 bits per heavy atom. The number of amides is 1. The molecule has 0 saturated heterocycles. The van der Waals surface area contributed by atoms with Crippen LogP contribution in [-0.2, 0) is 11.3 Å². The molecule has 2 N–H and O–H groups in total. The third kappa shape index (κ3) is 5.17. The van der Waals surface area contributed by atoms with Crippen molar-refractivity contribution >= 4 is 17.5 Å². The van der Waals surface area contributed by atoms with Crippen LogP contribution >= 0.6 is 0 Å². The number of aromatic nitrogens is 2. The van der Waals surface area contributed by atoms with Crippen molar-refractivity contribution in [2.24, 2.45) is 0 Å². The summed E-state index contributed by atoms with van der Waals surface area (Å²) in [6.07, 6.45) is 0.834. The van der Waals surface area contributed by atoms with Gasteiger partial charge in [0.05, 0.1) is 0 Å². The van der Waals surface area contributed by atoms with Crippen LogP contribution in [0.25, 0.3) is 0 Å². The summed E-state index contributed by atoms with van der Waals surface area (Å²) in [6.45, 7) is 9.64. The smallest absolute Gasteiger partial charge is 0.255 e. The van der Waals surface area contributed by atoms with E-state index in [-0.39, 0.29) is 24.1 Å². The second-order valence-electron chi connectivity index (χ2n) is 6.52. The predicted octanol–water partition coefficient (Wildman–Crippen LogP) is 2.83. The predicted molar refractivity (Wildman–Crippen MR) is 100 cm³/mol. The third-order valence-corrected chi connectivity index (χ3v) is 3.94. The number of hydrogen-bond acceptors (Lipinski definition) is 4. The molecule has 6 heteroatoms. The molecule has 1 aromatic carbocycles. The fourth-order valence-corrected chi connectivity index (χ4v) is 2.61. The lowest BCUT2D eigenvalue weighted by atomic mass is 10.1. The number of aryl methyl sites for hydroxylation is 3. The maximum absolute atomic E-state index is 12.4. The molecule has 0 aliphatic rings. The van der Waals surface area contributed by atoms with E-state index in [1.165, 1.54) is 10.6 Å². The zero-order chi connectivity index (χ0) is 18.6. The molecule has 1 atom stereocenters. The number of anilines is 2. The molecular weight excluding hydrogens is 316 g/mol. The minimum Gasteiger partial charge on any atom is -0.352 e. The van der Waals surface area contributed by atoms with Crippen LogP contribution in [0.1, 0.15) is 37.1 Å². The van der Waals surface area contributed by atoms with Gasteiger partial charge in [-0.2, -0.15) is 0 Å². The Morgan fingerprint density at radius 3 is 2.40 bits per heavy atom. The summed E-state index contributed by atoms with van der Waals surface area (Å²) in [5, 5.41) is 6.06. The molecule has 0 aliphatic heterocycles. The summed E-state index contributed by atoms with van der Waals surface area (Å²) in [6, 6.07) is 7.53. The van der Waals surface area contributed by atoms with Crippen molar-refractivity contribution in [1.82, 2.24) is 14.9 Å². The van der Waals surface area contributed by atoms with E-state index in [2.05, 4.69) is 21.7 Å². The van der Waals surface area contributed by atoms with Crippen molar-refractivity contribution < 1.29 is 4.79 Å². The Kier molecular flexibility index (Phi) is 5.96. The van der Waals surface area contributed by atoms with E-state index in [4.69, 9.17) is 0 Å². The lowest BCUT2D eigenvalue weighted by Crippen LogP contribution is -2.37. The molecule has 0 aliphatic carbocycles. The van der Waals surface area contributed by atoms with E-state index < -0.39 is 0 Å². The Balaban J connectivity index is 2.33. The van der Waals surface area contributed by atoms with Gasteiger partial charge < -0.3 is 10.6 Å². The minimum atomic E-state index is -0.251. The maximum atomic E-state index is 12.4. The molecule has 25 heavy (non-hydrogen) atoms. The van der Waals surface area contributed by atoms with E-state index in [0.717, 1.165) is 23.2 Å². The van der Waals surface area contributed by atoms with Crippen LogP contribution in [0.5, 0.6) is 0 Å². The Morgan fingerprint density at radius 1 is 1.16 bits per heavy atom. The van der Waals surface area contributed by atoms with Gasteiger partial charge in [-0.05, 0) is 57.4 Å². The van der Waals surface area contributed by atoms with Crippen molar-refractivity contribution in [2.45, 2.75) is 53.6 Å². The second kappa shape index (κ2) is 7.96. The maximum Gasteiger partial charge on any atom is 0.255 e. The van der Waals surface area contributed by atoms with Gasteiger partial charge in [-0.3, -0.25) is 14.2 Å². The molecule has 0 fully saturated rings. The molecule has 0 unspecified atom stereocenters. The van der Waals surface area contributed by atoms with Gasteiger partial charge >= 0.3 is 0 Å². The first kappa shape index (κ1) is 18.7. The van der Waals surface area contributed by atoms with Gasteiger partial charge in [0.25, 0.3) is 5.56 Å². The standard InChI is InChI=1S/C19H26N4O2/c1-6-14(4)20-17(24)11-23-18(25)10-15(5)21-19(23)22-16-8-12(2)7-13(3)9-16/h7-10,14H,6,11H2,1-5H3,(H,20,24)(H,21,22)/t14-/m1/s1. The number of hydrogen-bond donors (Lipinski definition) is 2. The molecule has 134 valence electrons. The molecule has 1 amide bonds. The van der Waals surface area contributed by atoms with E-state index in [9.17, 15) is 9.59 Å². The van der Waals surface area contributed by atoms with Crippen molar-refractivity contribution in [3.8, 4) is 0 Å². The highest BCUT2D eigenvalue weighted by Crippen LogP contribution is 2.18. The van der Waals surface area contributed by atoms with E-state index in [1.54, 1.807) is 6.92 Å². The molecule has 2 rings (SSSR count). The van der Waals surface area contributed by atoms with Crippen LogP contribution in [0.15, 0.2) is 29.1 Å². The van der Waals surface area contributed by atoms with Gasteiger partial charge in [0.1, 0.15) is 6.54 Å². The number of nitrogens with zero attached hydrogens (tertiary/aromatic N) is 2. The summed E-state index contributed by atoms with van der Waals surface area (Å²) < 4.78 is 1.36. The summed E-state index contributed by atoms with van der Waals surface area (Å²) in [5.74, 6) is 0.167. The average molecular weight is 342 g/mol. The van der Waals surface area contributed by atoms with Crippen LogP contribution in [-0.4, -0.2) is 21.5 Å². The quantitative estimate of drug-likeness (QED) is 0.846. The van der Waals surface area contributed by atoms with Gasteiger partial charge in [0.15, 0.2) is 0 Å². The van der Waals surface area contributed by atoms with E-state index in [0.29, 0.717) is 11.6 Å². The molecule has 1 aromatic heterocycles. The number of carbonyl (C=O) groups excluding carboxylic acids is 1.